The van der Waals surface area contributed by atoms with Gasteiger partial charge in [0.2, 0.25) is 0 Å². The van der Waals surface area contributed by atoms with Gasteiger partial charge in [0.15, 0.2) is 16.7 Å². The van der Waals surface area contributed by atoms with Crippen LogP contribution in [0, 0.1) is 6.92 Å². The molecule has 6 nitrogen and oxygen atoms in total. The number of rotatable bonds is 8. The third kappa shape index (κ3) is 5.35. The Kier molecular flexibility index (Phi) is 7.06. The minimum absolute atomic E-state index is 0.191. The van der Waals surface area contributed by atoms with Gasteiger partial charge in [-0.3, -0.25) is 4.79 Å². The Labute approximate surface area is 152 Å². The number of thioether (sulfide) groups is 1. The predicted octanol–water partition coefficient (Wildman–Crippen LogP) is 2.89. The zero-order valence-electron chi connectivity index (χ0n) is 15.0. The van der Waals surface area contributed by atoms with Gasteiger partial charge in [0, 0.05) is 12.2 Å². The largest absolute Gasteiger partial charge is 0.493 e. The summed E-state index contributed by atoms with van der Waals surface area (Å²) in [5.41, 5.74) is 2.24. The monoisotopic (exact) mass is 361 g/mol. The van der Waals surface area contributed by atoms with Crippen molar-refractivity contribution in [3.8, 4) is 11.5 Å². The maximum absolute atomic E-state index is 12.3. The number of ether oxygens (including phenoxy) is 2. The van der Waals surface area contributed by atoms with Crippen molar-refractivity contribution in [3.05, 3.63) is 41.2 Å². The van der Waals surface area contributed by atoms with Gasteiger partial charge in [-0.2, -0.15) is 0 Å². The second-order valence-corrected chi connectivity index (χ2v) is 6.54. The first kappa shape index (κ1) is 19.1. The second-order valence-electron chi connectivity index (χ2n) is 5.31. The average molecular weight is 361 g/mol. The van der Waals surface area contributed by atoms with Crippen LogP contribution in [0.5, 0.6) is 11.5 Å². The highest BCUT2D eigenvalue weighted by Crippen LogP contribution is 2.27. The van der Waals surface area contributed by atoms with Crippen molar-refractivity contribution in [2.24, 2.45) is 0 Å². The third-order valence-electron chi connectivity index (χ3n) is 3.49. The fourth-order valence-corrected chi connectivity index (χ4v) is 2.93. The minimum Gasteiger partial charge on any atom is -0.493 e. The second kappa shape index (κ2) is 9.27. The molecule has 0 aliphatic heterocycles. The summed E-state index contributed by atoms with van der Waals surface area (Å²) < 4.78 is 10.5. The summed E-state index contributed by atoms with van der Waals surface area (Å²) in [5, 5.41) is 3.53. The molecule has 1 heterocycles. The maximum Gasteiger partial charge on any atom is 0.270 e. The Hall–Kier alpha value is -2.28. The molecule has 0 radical (unpaired) electrons. The SMILES string of the molecule is CCSc1nc(C)cc(C(=O)NCCc2ccc(OC)c(OC)c2)n1. The number of amides is 1. The number of nitrogens with zero attached hydrogens (tertiary/aromatic N) is 2. The highest BCUT2D eigenvalue weighted by atomic mass is 32.2. The van der Waals surface area contributed by atoms with Gasteiger partial charge < -0.3 is 14.8 Å². The number of nitrogens with one attached hydrogen (secondary N) is 1. The number of aryl methyl sites for hydroxylation is 1. The highest BCUT2D eigenvalue weighted by Gasteiger charge is 2.11. The zero-order valence-corrected chi connectivity index (χ0v) is 15.8. The topological polar surface area (TPSA) is 73.3 Å². The number of methoxy groups -OCH3 is 2. The Morgan fingerprint density at radius 1 is 1.16 bits per heavy atom. The fourth-order valence-electron chi connectivity index (χ4n) is 2.30. The highest BCUT2D eigenvalue weighted by molar-refractivity contribution is 7.99. The molecule has 0 bridgehead atoms. The number of carbonyl (C=O) groups excluding carboxylic acids is 1. The summed E-state index contributed by atoms with van der Waals surface area (Å²) in [5.74, 6) is 2.04. The molecule has 1 aromatic heterocycles. The van der Waals surface area contributed by atoms with Crippen LogP contribution in [0.25, 0.3) is 0 Å². The van der Waals surface area contributed by atoms with E-state index in [0.29, 0.717) is 35.3 Å². The van der Waals surface area contributed by atoms with Crippen LogP contribution in [0.4, 0.5) is 0 Å². The molecule has 0 aliphatic rings. The molecule has 0 aliphatic carbocycles. The van der Waals surface area contributed by atoms with Crippen LogP contribution in [-0.2, 0) is 6.42 Å². The molecule has 2 rings (SSSR count). The molecule has 0 saturated heterocycles. The lowest BCUT2D eigenvalue weighted by molar-refractivity contribution is 0.0948. The molecule has 0 fully saturated rings. The van der Waals surface area contributed by atoms with Crippen molar-refractivity contribution in [3.63, 3.8) is 0 Å². The molecule has 2 aromatic rings. The molecule has 0 atom stereocenters. The Morgan fingerprint density at radius 3 is 2.60 bits per heavy atom. The van der Waals surface area contributed by atoms with Crippen LogP contribution in [0.15, 0.2) is 29.4 Å². The fraction of sp³-hybridized carbons (Fsp3) is 0.389. The van der Waals surface area contributed by atoms with Gasteiger partial charge in [-0.05, 0) is 42.9 Å². The van der Waals surface area contributed by atoms with Gasteiger partial charge in [0.25, 0.3) is 5.91 Å². The van der Waals surface area contributed by atoms with E-state index in [1.807, 2.05) is 32.0 Å². The quantitative estimate of drug-likeness (QED) is 0.576. The van der Waals surface area contributed by atoms with Gasteiger partial charge in [0.05, 0.1) is 14.2 Å². The summed E-state index contributed by atoms with van der Waals surface area (Å²) in [6.07, 6.45) is 0.687. The van der Waals surface area contributed by atoms with Crippen LogP contribution in [-0.4, -0.2) is 42.4 Å². The molecule has 1 N–H and O–H groups in total. The lowest BCUT2D eigenvalue weighted by Gasteiger charge is -2.10. The maximum atomic E-state index is 12.3. The zero-order chi connectivity index (χ0) is 18.2. The molecular weight excluding hydrogens is 338 g/mol. The lowest BCUT2D eigenvalue weighted by atomic mass is 10.1. The van der Waals surface area contributed by atoms with Crippen LogP contribution >= 0.6 is 11.8 Å². The van der Waals surface area contributed by atoms with E-state index < -0.39 is 0 Å². The third-order valence-corrected chi connectivity index (χ3v) is 4.22. The van der Waals surface area contributed by atoms with Crippen molar-refractivity contribution in [2.45, 2.75) is 25.4 Å². The first-order valence-electron chi connectivity index (χ1n) is 8.05. The number of hydrogen-bond donors (Lipinski definition) is 1. The van der Waals surface area contributed by atoms with Crippen LogP contribution in [0.1, 0.15) is 28.7 Å². The number of hydrogen-bond acceptors (Lipinski definition) is 6. The molecule has 0 unspecified atom stereocenters. The van der Waals surface area contributed by atoms with Crippen molar-refractivity contribution in [2.75, 3.05) is 26.5 Å². The smallest absolute Gasteiger partial charge is 0.270 e. The normalized spacial score (nSPS) is 10.4. The summed E-state index contributed by atoms with van der Waals surface area (Å²) in [4.78, 5) is 20.9. The minimum atomic E-state index is -0.191. The van der Waals surface area contributed by atoms with E-state index in [9.17, 15) is 4.79 Å². The van der Waals surface area contributed by atoms with E-state index in [4.69, 9.17) is 9.47 Å². The summed E-state index contributed by atoms with van der Waals surface area (Å²) in [6.45, 7) is 4.40. The molecular formula is C18H23N3O3S. The first-order chi connectivity index (χ1) is 12.1. The molecule has 25 heavy (non-hydrogen) atoms. The average Bonchev–Trinajstić information content (AvgIpc) is 2.61. The molecule has 134 valence electrons. The van der Waals surface area contributed by atoms with E-state index in [0.717, 1.165) is 17.0 Å². The first-order valence-corrected chi connectivity index (χ1v) is 9.03. The summed E-state index contributed by atoms with van der Waals surface area (Å²) in [6, 6.07) is 7.43. The van der Waals surface area contributed by atoms with Crippen molar-refractivity contribution < 1.29 is 14.3 Å². The molecule has 0 saturated carbocycles. The van der Waals surface area contributed by atoms with Crippen molar-refractivity contribution in [1.82, 2.24) is 15.3 Å². The van der Waals surface area contributed by atoms with E-state index in [1.165, 1.54) is 11.8 Å². The summed E-state index contributed by atoms with van der Waals surface area (Å²) >= 11 is 1.52. The van der Waals surface area contributed by atoms with Gasteiger partial charge in [-0.1, -0.05) is 24.8 Å². The van der Waals surface area contributed by atoms with Gasteiger partial charge in [-0.15, -0.1) is 0 Å². The number of aromatic nitrogens is 2. The number of carbonyl (C=O) groups is 1. The Morgan fingerprint density at radius 2 is 1.92 bits per heavy atom. The van der Waals surface area contributed by atoms with Crippen LogP contribution < -0.4 is 14.8 Å². The van der Waals surface area contributed by atoms with Crippen LogP contribution in [0.2, 0.25) is 0 Å². The molecule has 1 aromatic carbocycles. The standard InChI is InChI=1S/C18H23N3O3S/c1-5-25-18-20-12(2)10-14(21-18)17(22)19-9-8-13-6-7-15(23-3)16(11-13)24-4/h6-7,10-11H,5,8-9H2,1-4H3,(H,19,22). The van der Waals surface area contributed by atoms with Crippen molar-refractivity contribution in [1.29, 1.82) is 0 Å². The van der Waals surface area contributed by atoms with E-state index in [-0.39, 0.29) is 5.91 Å². The van der Waals surface area contributed by atoms with Gasteiger partial charge in [-0.25, -0.2) is 9.97 Å². The van der Waals surface area contributed by atoms with Gasteiger partial charge in [0.1, 0.15) is 5.69 Å². The Balaban J connectivity index is 1.96. The molecule has 0 spiro atoms. The Bertz CT molecular complexity index is 738. The van der Waals surface area contributed by atoms with Crippen LogP contribution in [0.3, 0.4) is 0 Å². The molecule has 1 amide bonds. The number of benzene rings is 1. The van der Waals surface area contributed by atoms with Gasteiger partial charge >= 0.3 is 0 Å². The predicted molar refractivity (Wildman–Crippen MR) is 98.8 cm³/mol. The van der Waals surface area contributed by atoms with Crippen molar-refractivity contribution >= 4 is 17.7 Å². The lowest BCUT2D eigenvalue weighted by Crippen LogP contribution is -2.27. The van der Waals surface area contributed by atoms with E-state index >= 15 is 0 Å². The van der Waals surface area contributed by atoms with E-state index in [1.54, 1.807) is 20.3 Å². The van der Waals surface area contributed by atoms with E-state index in [2.05, 4.69) is 15.3 Å². The molecule has 7 heteroatoms. The summed E-state index contributed by atoms with van der Waals surface area (Å²) in [7, 11) is 3.21.